The molecule has 0 saturated carbocycles. The molecule has 2 rings (SSSR count). The van der Waals surface area contributed by atoms with Crippen molar-refractivity contribution in [2.75, 3.05) is 5.32 Å². The molecule has 0 bridgehead atoms. The van der Waals surface area contributed by atoms with Crippen molar-refractivity contribution in [2.24, 2.45) is 0 Å². The molecule has 2 aromatic heterocycles. The van der Waals surface area contributed by atoms with E-state index in [1.165, 1.54) is 5.56 Å². The van der Waals surface area contributed by atoms with Crippen LogP contribution in [0.25, 0.3) is 11.2 Å². The van der Waals surface area contributed by atoms with Gasteiger partial charge in [0.2, 0.25) is 0 Å². The van der Waals surface area contributed by atoms with Crippen molar-refractivity contribution >= 4 is 17.0 Å². The molecule has 0 aliphatic carbocycles. The lowest BCUT2D eigenvalue weighted by Gasteiger charge is -2.08. The molecule has 2 N–H and O–H groups in total. The molecule has 0 aliphatic rings. The zero-order valence-corrected chi connectivity index (χ0v) is 9.33. The molecule has 0 fully saturated rings. The van der Waals surface area contributed by atoms with Crippen LogP contribution in [0.4, 0.5) is 5.82 Å². The van der Waals surface area contributed by atoms with Gasteiger partial charge in [0.25, 0.3) is 0 Å². The van der Waals surface area contributed by atoms with E-state index in [4.69, 9.17) is 0 Å². The topological polar surface area (TPSA) is 53.6 Å². The second-order valence-corrected chi connectivity index (χ2v) is 3.92. The first-order valence-corrected chi connectivity index (χ1v) is 5.30. The van der Waals surface area contributed by atoms with E-state index in [2.05, 4.69) is 41.0 Å². The normalized spacial score (nSPS) is 11.2. The van der Waals surface area contributed by atoms with Crippen LogP contribution in [0.5, 0.6) is 0 Å². The maximum Gasteiger partial charge on any atom is 0.156 e. The van der Waals surface area contributed by atoms with Gasteiger partial charge in [-0.3, -0.25) is 0 Å². The average molecular weight is 204 g/mol. The standard InChI is InChI=1S/C11H16N4/c1-4-8-5-12-11-10(8)15-9(6-13-11)14-7(2)3/h5-7H,4H2,1-3H3,(H,12,13)(H,14,15). The lowest BCUT2D eigenvalue weighted by molar-refractivity contribution is 0.888. The van der Waals surface area contributed by atoms with Crippen LogP contribution in [0, 0.1) is 0 Å². The number of fused-ring (bicyclic) bond motifs is 1. The Morgan fingerprint density at radius 3 is 2.93 bits per heavy atom. The van der Waals surface area contributed by atoms with Crippen molar-refractivity contribution in [1.82, 2.24) is 15.0 Å². The number of nitrogens with one attached hydrogen (secondary N) is 2. The minimum Gasteiger partial charge on any atom is -0.367 e. The molecule has 15 heavy (non-hydrogen) atoms. The third-order valence-electron chi connectivity index (χ3n) is 2.28. The van der Waals surface area contributed by atoms with Gasteiger partial charge in [-0.15, -0.1) is 0 Å². The lowest BCUT2D eigenvalue weighted by Crippen LogP contribution is -2.11. The van der Waals surface area contributed by atoms with E-state index >= 15 is 0 Å². The van der Waals surface area contributed by atoms with Crippen LogP contribution in [0.3, 0.4) is 0 Å². The summed E-state index contributed by atoms with van der Waals surface area (Å²) < 4.78 is 0. The van der Waals surface area contributed by atoms with Gasteiger partial charge >= 0.3 is 0 Å². The molecule has 4 heteroatoms. The van der Waals surface area contributed by atoms with Gasteiger partial charge in [-0.2, -0.15) is 0 Å². The number of nitrogens with zero attached hydrogens (tertiary/aromatic N) is 2. The average Bonchev–Trinajstić information content (AvgIpc) is 2.59. The van der Waals surface area contributed by atoms with Crippen molar-refractivity contribution in [3.05, 3.63) is 18.0 Å². The monoisotopic (exact) mass is 204 g/mol. The molecule has 0 aliphatic heterocycles. The highest BCUT2D eigenvalue weighted by Crippen LogP contribution is 2.16. The summed E-state index contributed by atoms with van der Waals surface area (Å²) in [5.41, 5.74) is 3.05. The van der Waals surface area contributed by atoms with E-state index in [0.29, 0.717) is 6.04 Å². The largest absolute Gasteiger partial charge is 0.367 e. The van der Waals surface area contributed by atoms with Crippen LogP contribution in [-0.2, 0) is 6.42 Å². The number of aryl methyl sites for hydroxylation is 1. The zero-order valence-electron chi connectivity index (χ0n) is 9.33. The Kier molecular flexibility index (Phi) is 2.58. The van der Waals surface area contributed by atoms with Gasteiger partial charge in [0, 0.05) is 12.2 Å². The number of aromatic amines is 1. The lowest BCUT2D eigenvalue weighted by atomic mass is 10.2. The van der Waals surface area contributed by atoms with Gasteiger partial charge in [-0.05, 0) is 25.8 Å². The summed E-state index contributed by atoms with van der Waals surface area (Å²) in [6.07, 6.45) is 4.71. The Labute approximate surface area is 89.1 Å². The smallest absolute Gasteiger partial charge is 0.156 e. The maximum atomic E-state index is 4.54. The molecule has 0 unspecified atom stereocenters. The van der Waals surface area contributed by atoms with Crippen molar-refractivity contribution in [3.63, 3.8) is 0 Å². The molecule has 0 atom stereocenters. The molecule has 80 valence electrons. The Hall–Kier alpha value is -1.58. The van der Waals surface area contributed by atoms with Crippen LogP contribution >= 0.6 is 0 Å². The SMILES string of the molecule is CCc1c[nH]c2ncc(NC(C)C)nc12. The summed E-state index contributed by atoms with van der Waals surface area (Å²) in [5, 5.41) is 3.25. The highest BCUT2D eigenvalue weighted by Gasteiger charge is 2.06. The first-order chi connectivity index (χ1) is 7.20. The van der Waals surface area contributed by atoms with Crippen LogP contribution < -0.4 is 5.32 Å². The fraction of sp³-hybridized carbons (Fsp3) is 0.455. The minimum atomic E-state index is 0.376. The zero-order chi connectivity index (χ0) is 10.8. The quantitative estimate of drug-likeness (QED) is 0.806. The fourth-order valence-corrected chi connectivity index (χ4v) is 1.58. The molecular weight excluding hydrogens is 188 g/mol. The number of anilines is 1. The molecule has 0 aromatic carbocycles. The highest BCUT2D eigenvalue weighted by atomic mass is 15.0. The van der Waals surface area contributed by atoms with Crippen molar-refractivity contribution in [3.8, 4) is 0 Å². The molecule has 2 heterocycles. The van der Waals surface area contributed by atoms with E-state index < -0.39 is 0 Å². The predicted octanol–water partition coefficient (Wildman–Crippen LogP) is 2.34. The second-order valence-electron chi connectivity index (χ2n) is 3.92. The van der Waals surface area contributed by atoms with Gasteiger partial charge in [0.1, 0.15) is 11.3 Å². The molecular formula is C11H16N4. The van der Waals surface area contributed by atoms with Crippen LogP contribution in [0.15, 0.2) is 12.4 Å². The molecule has 0 amide bonds. The van der Waals surface area contributed by atoms with Gasteiger partial charge in [-0.25, -0.2) is 9.97 Å². The summed E-state index contributed by atoms with van der Waals surface area (Å²) in [7, 11) is 0. The van der Waals surface area contributed by atoms with Crippen molar-refractivity contribution < 1.29 is 0 Å². The fourth-order valence-electron chi connectivity index (χ4n) is 1.58. The van der Waals surface area contributed by atoms with E-state index in [1.807, 2.05) is 6.20 Å². The number of hydrogen-bond donors (Lipinski definition) is 2. The Morgan fingerprint density at radius 2 is 2.27 bits per heavy atom. The van der Waals surface area contributed by atoms with Gasteiger partial charge < -0.3 is 10.3 Å². The van der Waals surface area contributed by atoms with Gasteiger partial charge in [0.05, 0.1) is 6.20 Å². The summed E-state index contributed by atoms with van der Waals surface area (Å²) in [6.45, 7) is 6.29. The van der Waals surface area contributed by atoms with E-state index in [1.54, 1.807) is 6.20 Å². The molecule has 2 aromatic rings. The molecule has 0 radical (unpaired) electrons. The minimum absolute atomic E-state index is 0.376. The van der Waals surface area contributed by atoms with E-state index in [9.17, 15) is 0 Å². The Balaban J connectivity index is 2.43. The summed E-state index contributed by atoms with van der Waals surface area (Å²) >= 11 is 0. The molecule has 0 saturated heterocycles. The van der Waals surface area contributed by atoms with Crippen LogP contribution in [-0.4, -0.2) is 21.0 Å². The van der Waals surface area contributed by atoms with Gasteiger partial charge in [0.15, 0.2) is 5.65 Å². The van der Waals surface area contributed by atoms with E-state index in [-0.39, 0.29) is 0 Å². The first-order valence-electron chi connectivity index (χ1n) is 5.30. The van der Waals surface area contributed by atoms with Crippen LogP contribution in [0.1, 0.15) is 26.3 Å². The maximum absolute atomic E-state index is 4.54. The second kappa shape index (κ2) is 3.88. The Bertz CT molecular complexity index is 459. The molecule has 4 nitrogen and oxygen atoms in total. The van der Waals surface area contributed by atoms with E-state index in [0.717, 1.165) is 23.4 Å². The van der Waals surface area contributed by atoms with Gasteiger partial charge in [-0.1, -0.05) is 6.92 Å². The number of rotatable bonds is 3. The number of hydrogen-bond acceptors (Lipinski definition) is 3. The predicted molar refractivity (Wildman–Crippen MR) is 62.0 cm³/mol. The summed E-state index contributed by atoms with van der Waals surface area (Å²) in [4.78, 5) is 12.0. The summed E-state index contributed by atoms with van der Waals surface area (Å²) in [6, 6.07) is 0.376. The van der Waals surface area contributed by atoms with Crippen molar-refractivity contribution in [2.45, 2.75) is 33.2 Å². The number of aromatic nitrogens is 3. The highest BCUT2D eigenvalue weighted by molar-refractivity contribution is 5.76. The van der Waals surface area contributed by atoms with Crippen LogP contribution in [0.2, 0.25) is 0 Å². The first kappa shape index (κ1) is 9.96. The Morgan fingerprint density at radius 1 is 1.47 bits per heavy atom. The third-order valence-corrected chi connectivity index (χ3v) is 2.28. The summed E-state index contributed by atoms with van der Waals surface area (Å²) in [5.74, 6) is 0.840. The number of H-pyrrole nitrogens is 1. The molecule has 0 spiro atoms. The van der Waals surface area contributed by atoms with Crippen molar-refractivity contribution in [1.29, 1.82) is 0 Å². The third kappa shape index (κ3) is 1.93.